The largest absolute Gasteiger partial charge is 0.462 e. The third-order valence-electron chi connectivity index (χ3n) is 3.03. The number of hydrogen-bond donors (Lipinski definition) is 1. The molecule has 0 unspecified atom stereocenters. The van der Waals surface area contributed by atoms with Crippen LogP contribution >= 0.6 is 22.6 Å². The zero-order valence-electron chi connectivity index (χ0n) is 10.0. The van der Waals surface area contributed by atoms with Crippen molar-refractivity contribution in [1.29, 1.82) is 0 Å². The summed E-state index contributed by atoms with van der Waals surface area (Å²) in [7, 11) is 0. The number of anilines is 1. The number of ether oxygens (including phenoxy) is 2. The second-order valence-electron chi connectivity index (χ2n) is 4.39. The first-order valence-corrected chi connectivity index (χ1v) is 7.04. The fraction of sp³-hybridized carbons (Fsp3) is 0.462. The maximum atomic E-state index is 11.9. The van der Waals surface area contributed by atoms with E-state index in [0.29, 0.717) is 23.8 Å². The predicted octanol–water partition coefficient (Wildman–Crippen LogP) is 2.46. The average molecular weight is 361 g/mol. The standard InChI is InChI=1S/C13H16INO3/c14-10-1-2-12(15)11(7-10)13(16)18-8-9-3-5-17-6-4-9/h1-2,7,9H,3-6,8,15H2. The molecule has 1 aliphatic heterocycles. The lowest BCUT2D eigenvalue weighted by Crippen LogP contribution is -2.22. The first-order chi connectivity index (χ1) is 8.66. The molecule has 0 radical (unpaired) electrons. The fourth-order valence-corrected chi connectivity index (χ4v) is 2.38. The van der Waals surface area contributed by atoms with Crippen molar-refractivity contribution in [2.75, 3.05) is 25.6 Å². The molecule has 18 heavy (non-hydrogen) atoms. The van der Waals surface area contributed by atoms with Gasteiger partial charge in [-0.2, -0.15) is 0 Å². The summed E-state index contributed by atoms with van der Waals surface area (Å²) in [5.41, 5.74) is 6.69. The molecule has 4 nitrogen and oxygen atoms in total. The fourth-order valence-electron chi connectivity index (χ4n) is 1.89. The molecule has 0 atom stereocenters. The zero-order valence-corrected chi connectivity index (χ0v) is 12.2. The van der Waals surface area contributed by atoms with E-state index in [1.54, 1.807) is 12.1 Å². The van der Waals surface area contributed by atoms with E-state index in [0.717, 1.165) is 29.6 Å². The van der Waals surface area contributed by atoms with Crippen molar-refractivity contribution in [2.24, 2.45) is 5.92 Å². The first-order valence-electron chi connectivity index (χ1n) is 5.96. The van der Waals surface area contributed by atoms with Gasteiger partial charge in [0.25, 0.3) is 0 Å². The normalized spacial score (nSPS) is 16.5. The minimum Gasteiger partial charge on any atom is -0.462 e. The van der Waals surface area contributed by atoms with E-state index in [-0.39, 0.29) is 5.97 Å². The Kier molecular flexibility index (Phi) is 4.82. The number of benzene rings is 1. The van der Waals surface area contributed by atoms with Crippen LogP contribution < -0.4 is 5.73 Å². The number of nitrogens with two attached hydrogens (primary N) is 1. The van der Waals surface area contributed by atoms with Crippen molar-refractivity contribution < 1.29 is 14.3 Å². The van der Waals surface area contributed by atoms with Crippen LogP contribution in [0.1, 0.15) is 23.2 Å². The molecule has 1 saturated heterocycles. The second kappa shape index (κ2) is 6.38. The lowest BCUT2D eigenvalue weighted by Gasteiger charge is -2.21. The summed E-state index contributed by atoms with van der Waals surface area (Å²) in [6, 6.07) is 5.35. The second-order valence-corrected chi connectivity index (χ2v) is 5.63. The monoisotopic (exact) mass is 361 g/mol. The number of halogens is 1. The molecule has 1 aromatic rings. The van der Waals surface area contributed by atoms with Gasteiger partial charge in [-0.05, 0) is 59.5 Å². The molecule has 2 rings (SSSR count). The highest BCUT2D eigenvalue weighted by atomic mass is 127. The van der Waals surface area contributed by atoms with Crippen molar-refractivity contribution in [1.82, 2.24) is 0 Å². The first kappa shape index (κ1) is 13.6. The number of esters is 1. The van der Waals surface area contributed by atoms with Crippen LogP contribution in [-0.2, 0) is 9.47 Å². The summed E-state index contributed by atoms with van der Waals surface area (Å²) in [6.07, 6.45) is 1.91. The van der Waals surface area contributed by atoms with Crippen molar-refractivity contribution >= 4 is 34.2 Å². The summed E-state index contributed by atoms with van der Waals surface area (Å²) in [6.45, 7) is 1.97. The lowest BCUT2D eigenvalue weighted by molar-refractivity contribution is 0.0186. The molecule has 1 aliphatic rings. The van der Waals surface area contributed by atoms with Crippen LogP contribution in [-0.4, -0.2) is 25.8 Å². The molecule has 0 aromatic heterocycles. The topological polar surface area (TPSA) is 61.6 Å². The molecule has 0 bridgehead atoms. The Morgan fingerprint density at radius 2 is 2.17 bits per heavy atom. The van der Waals surface area contributed by atoms with Crippen LogP contribution in [0.4, 0.5) is 5.69 Å². The van der Waals surface area contributed by atoms with Gasteiger partial charge in [-0.1, -0.05) is 0 Å². The summed E-state index contributed by atoms with van der Waals surface area (Å²) < 4.78 is 11.6. The van der Waals surface area contributed by atoms with Gasteiger partial charge in [0.2, 0.25) is 0 Å². The Balaban J connectivity index is 1.92. The van der Waals surface area contributed by atoms with E-state index in [9.17, 15) is 4.79 Å². The van der Waals surface area contributed by atoms with E-state index < -0.39 is 0 Å². The molecule has 0 amide bonds. The van der Waals surface area contributed by atoms with Crippen molar-refractivity contribution in [2.45, 2.75) is 12.8 Å². The molecule has 0 spiro atoms. The summed E-state index contributed by atoms with van der Waals surface area (Å²) in [5, 5.41) is 0. The van der Waals surface area contributed by atoms with Gasteiger partial charge in [0.05, 0.1) is 12.2 Å². The van der Waals surface area contributed by atoms with E-state index in [4.69, 9.17) is 15.2 Å². The number of nitrogen functional groups attached to an aromatic ring is 1. The van der Waals surface area contributed by atoms with Crippen LogP contribution in [0.5, 0.6) is 0 Å². The molecular weight excluding hydrogens is 345 g/mol. The van der Waals surface area contributed by atoms with Gasteiger partial charge in [0, 0.05) is 22.5 Å². The number of carbonyl (C=O) groups is 1. The van der Waals surface area contributed by atoms with Crippen LogP contribution in [0.25, 0.3) is 0 Å². The smallest absolute Gasteiger partial charge is 0.340 e. The Hall–Kier alpha value is -0.820. The van der Waals surface area contributed by atoms with Gasteiger partial charge in [-0.3, -0.25) is 0 Å². The maximum absolute atomic E-state index is 11.9. The highest BCUT2D eigenvalue weighted by Crippen LogP contribution is 2.19. The van der Waals surface area contributed by atoms with Gasteiger partial charge in [-0.25, -0.2) is 4.79 Å². The average Bonchev–Trinajstić information content (AvgIpc) is 2.40. The van der Waals surface area contributed by atoms with Gasteiger partial charge in [-0.15, -0.1) is 0 Å². The molecule has 98 valence electrons. The lowest BCUT2D eigenvalue weighted by atomic mass is 10.0. The van der Waals surface area contributed by atoms with Gasteiger partial charge >= 0.3 is 5.97 Å². The summed E-state index contributed by atoms with van der Waals surface area (Å²) in [4.78, 5) is 11.9. The zero-order chi connectivity index (χ0) is 13.0. The van der Waals surface area contributed by atoms with E-state index in [2.05, 4.69) is 22.6 Å². The van der Waals surface area contributed by atoms with E-state index in [1.807, 2.05) is 6.07 Å². The molecule has 5 heteroatoms. The molecule has 0 saturated carbocycles. The Morgan fingerprint density at radius 3 is 2.89 bits per heavy atom. The minimum atomic E-state index is -0.336. The molecule has 1 aromatic carbocycles. The predicted molar refractivity (Wildman–Crippen MR) is 77.4 cm³/mol. The molecule has 0 aliphatic carbocycles. The number of carbonyl (C=O) groups excluding carboxylic acids is 1. The third-order valence-corrected chi connectivity index (χ3v) is 3.70. The molecule has 1 heterocycles. The van der Waals surface area contributed by atoms with Crippen LogP contribution in [0, 0.1) is 9.49 Å². The molecule has 1 fully saturated rings. The van der Waals surface area contributed by atoms with Crippen molar-refractivity contribution in [3.8, 4) is 0 Å². The van der Waals surface area contributed by atoms with Gasteiger partial charge in [0.15, 0.2) is 0 Å². The highest BCUT2D eigenvalue weighted by Gasteiger charge is 2.17. The quantitative estimate of drug-likeness (QED) is 0.511. The molecule has 2 N–H and O–H groups in total. The van der Waals surface area contributed by atoms with E-state index in [1.165, 1.54) is 0 Å². The Labute approximate surface area is 120 Å². The number of rotatable bonds is 3. The van der Waals surface area contributed by atoms with Crippen molar-refractivity contribution in [3.05, 3.63) is 27.3 Å². The Bertz CT molecular complexity index is 430. The van der Waals surface area contributed by atoms with Crippen LogP contribution in [0.2, 0.25) is 0 Å². The van der Waals surface area contributed by atoms with Gasteiger partial charge in [0.1, 0.15) is 0 Å². The van der Waals surface area contributed by atoms with Gasteiger partial charge < -0.3 is 15.2 Å². The Morgan fingerprint density at radius 1 is 1.44 bits per heavy atom. The van der Waals surface area contributed by atoms with Crippen molar-refractivity contribution in [3.63, 3.8) is 0 Å². The van der Waals surface area contributed by atoms with Crippen LogP contribution in [0.15, 0.2) is 18.2 Å². The van der Waals surface area contributed by atoms with Crippen LogP contribution in [0.3, 0.4) is 0 Å². The summed E-state index contributed by atoms with van der Waals surface area (Å²) >= 11 is 2.15. The SMILES string of the molecule is Nc1ccc(I)cc1C(=O)OCC1CCOCC1. The van der Waals surface area contributed by atoms with E-state index >= 15 is 0 Å². The highest BCUT2D eigenvalue weighted by molar-refractivity contribution is 14.1. The minimum absolute atomic E-state index is 0.336. The maximum Gasteiger partial charge on any atom is 0.340 e. The molecular formula is C13H16INO3. The third kappa shape index (κ3) is 3.58. The number of hydrogen-bond acceptors (Lipinski definition) is 4. The summed E-state index contributed by atoms with van der Waals surface area (Å²) in [5.74, 6) is 0.0733.